The molecule has 3 N–H and O–H groups in total. The molecule has 0 saturated heterocycles. The molecule has 1 heterocycles. The molecule has 0 saturated carbocycles. The maximum atomic E-state index is 10.7. The lowest BCUT2D eigenvalue weighted by molar-refractivity contribution is -0.139. The van der Waals surface area contributed by atoms with Crippen LogP contribution in [0.5, 0.6) is 5.75 Å². The van der Waals surface area contributed by atoms with E-state index in [-0.39, 0.29) is 0 Å². The van der Waals surface area contributed by atoms with Gasteiger partial charge in [0, 0.05) is 5.56 Å². The second kappa shape index (κ2) is 3.40. The molecule has 2 atom stereocenters. The maximum absolute atomic E-state index is 10.7. The normalized spacial score (nSPS) is 20.6. The molecule has 0 aromatic heterocycles. The largest absolute Gasteiger partial charge is 0.483 e. The van der Waals surface area contributed by atoms with Gasteiger partial charge in [0.05, 0.1) is 0 Å². The summed E-state index contributed by atoms with van der Waals surface area (Å²) in [6.07, 6.45) is -0.667. The van der Waals surface area contributed by atoms with Gasteiger partial charge in [-0.3, -0.25) is 4.79 Å². The molecule has 78 valence electrons. The van der Waals surface area contributed by atoms with Gasteiger partial charge >= 0.3 is 5.97 Å². The number of benzene rings is 1. The van der Waals surface area contributed by atoms with E-state index in [1.54, 1.807) is 6.07 Å². The molecule has 1 aromatic rings. The van der Waals surface area contributed by atoms with Crippen molar-refractivity contribution in [2.45, 2.75) is 12.1 Å². The van der Waals surface area contributed by atoms with E-state index in [9.17, 15) is 4.79 Å². The summed E-state index contributed by atoms with van der Waals surface area (Å²) in [7, 11) is 0. The molecule has 1 aromatic carbocycles. The third kappa shape index (κ3) is 1.49. The summed E-state index contributed by atoms with van der Waals surface area (Å²) in [6, 6.07) is 6.20. The average molecular weight is 205 g/mol. The number of hydrogen-bond acceptors (Lipinski definition) is 3. The zero-order chi connectivity index (χ0) is 11.0. The highest BCUT2D eigenvalue weighted by Gasteiger charge is 2.35. The molecule has 4 nitrogen and oxygen atoms in total. The lowest BCUT2D eigenvalue weighted by Crippen LogP contribution is -2.43. The van der Waals surface area contributed by atoms with E-state index in [0.29, 0.717) is 11.3 Å². The molecule has 0 aliphatic carbocycles. The Morgan fingerprint density at radius 2 is 2.20 bits per heavy atom. The summed E-state index contributed by atoms with van der Waals surface area (Å²) >= 11 is 0. The summed E-state index contributed by atoms with van der Waals surface area (Å²) in [5, 5.41) is 8.79. The zero-order valence-electron chi connectivity index (χ0n) is 8.01. The first-order chi connectivity index (χ1) is 7.11. The minimum atomic E-state index is -1.09. The van der Waals surface area contributed by atoms with E-state index in [1.807, 2.05) is 18.2 Å². The topological polar surface area (TPSA) is 72.5 Å². The molecule has 1 aliphatic rings. The number of rotatable bonds is 2. The second-order valence-electron chi connectivity index (χ2n) is 3.42. The summed E-state index contributed by atoms with van der Waals surface area (Å²) in [6.45, 7) is 3.81. The Bertz CT molecular complexity index is 428. The molecule has 4 heteroatoms. The van der Waals surface area contributed by atoms with E-state index in [1.165, 1.54) is 0 Å². The van der Waals surface area contributed by atoms with Gasteiger partial charge in [-0.15, -0.1) is 0 Å². The molecule has 0 radical (unpaired) electrons. The third-order valence-electron chi connectivity index (χ3n) is 2.44. The summed E-state index contributed by atoms with van der Waals surface area (Å²) in [4.78, 5) is 10.7. The van der Waals surface area contributed by atoms with Crippen molar-refractivity contribution in [1.29, 1.82) is 0 Å². The minimum Gasteiger partial charge on any atom is -0.483 e. The van der Waals surface area contributed by atoms with Gasteiger partial charge < -0.3 is 15.6 Å². The van der Waals surface area contributed by atoms with Crippen LogP contribution in [0.15, 0.2) is 30.8 Å². The predicted octanol–water partition coefficient (Wildman–Crippen LogP) is 0.873. The van der Waals surface area contributed by atoms with Gasteiger partial charge in [0.15, 0.2) is 0 Å². The first-order valence-corrected chi connectivity index (χ1v) is 4.54. The van der Waals surface area contributed by atoms with Crippen molar-refractivity contribution in [3.63, 3.8) is 0 Å². The Balaban J connectivity index is 2.31. The first kappa shape index (κ1) is 9.73. The van der Waals surface area contributed by atoms with Crippen LogP contribution in [0.1, 0.15) is 5.56 Å². The number of nitrogens with two attached hydrogens (primary N) is 1. The van der Waals surface area contributed by atoms with Crippen LogP contribution in [0.4, 0.5) is 0 Å². The van der Waals surface area contributed by atoms with Crippen LogP contribution >= 0.6 is 0 Å². The molecule has 0 bridgehead atoms. The second-order valence-corrected chi connectivity index (χ2v) is 3.42. The Morgan fingerprint density at radius 1 is 1.53 bits per heavy atom. The van der Waals surface area contributed by atoms with Crippen molar-refractivity contribution in [1.82, 2.24) is 0 Å². The van der Waals surface area contributed by atoms with Crippen LogP contribution in [-0.2, 0) is 4.79 Å². The lowest BCUT2D eigenvalue weighted by atomic mass is 10.00. The molecule has 15 heavy (non-hydrogen) atoms. The van der Waals surface area contributed by atoms with Gasteiger partial charge in [-0.2, -0.15) is 0 Å². The van der Waals surface area contributed by atoms with Crippen LogP contribution in [0.25, 0.3) is 5.57 Å². The molecular weight excluding hydrogens is 194 g/mol. The van der Waals surface area contributed by atoms with Crippen molar-refractivity contribution < 1.29 is 14.6 Å². The minimum absolute atomic E-state index is 0.625. The van der Waals surface area contributed by atoms with Crippen molar-refractivity contribution in [3.8, 4) is 5.75 Å². The Labute approximate surface area is 87.0 Å². The number of aliphatic carboxylic acids is 1. The van der Waals surface area contributed by atoms with E-state index in [0.717, 1.165) is 5.56 Å². The number of fused-ring (bicyclic) bond motifs is 1. The standard InChI is InChI=1S/C11H11NO3/c1-6-7-4-2-3-5-8(7)15-10(6)9(12)11(13)14/h2-5,9-10H,1,12H2,(H,13,14)/t9-,10?/m1/s1. The number of carboxylic acid groups (broad SMARTS) is 1. The predicted molar refractivity (Wildman–Crippen MR) is 55.5 cm³/mol. The van der Waals surface area contributed by atoms with Gasteiger partial charge in [-0.1, -0.05) is 24.8 Å². The lowest BCUT2D eigenvalue weighted by Gasteiger charge is -2.15. The first-order valence-electron chi connectivity index (χ1n) is 4.54. The fraction of sp³-hybridized carbons (Fsp3) is 0.182. The van der Waals surface area contributed by atoms with Crippen molar-refractivity contribution >= 4 is 11.5 Å². The maximum Gasteiger partial charge on any atom is 0.324 e. The number of hydrogen-bond donors (Lipinski definition) is 2. The van der Waals surface area contributed by atoms with Crippen LogP contribution in [0, 0.1) is 0 Å². The van der Waals surface area contributed by atoms with Crippen LogP contribution in [0.3, 0.4) is 0 Å². The quantitative estimate of drug-likeness (QED) is 0.751. The SMILES string of the molecule is C=C1c2ccccc2OC1[C@@H](N)C(=O)O. The van der Waals surface area contributed by atoms with Crippen LogP contribution in [-0.4, -0.2) is 23.2 Å². The van der Waals surface area contributed by atoms with Crippen LogP contribution < -0.4 is 10.5 Å². The van der Waals surface area contributed by atoms with Crippen molar-refractivity contribution in [2.75, 3.05) is 0 Å². The number of carboxylic acids is 1. The monoisotopic (exact) mass is 205 g/mol. The van der Waals surface area contributed by atoms with Gasteiger partial charge in [-0.25, -0.2) is 0 Å². The highest BCUT2D eigenvalue weighted by Crippen LogP contribution is 2.36. The number of carbonyl (C=O) groups is 1. The fourth-order valence-electron chi connectivity index (χ4n) is 1.62. The number of ether oxygens (including phenoxy) is 1. The summed E-state index contributed by atoms with van der Waals surface area (Å²) in [5.41, 5.74) is 6.96. The van der Waals surface area contributed by atoms with Crippen molar-refractivity contribution in [2.24, 2.45) is 5.73 Å². The van der Waals surface area contributed by atoms with E-state index in [4.69, 9.17) is 15.6 Å². The van der Waals surface area contributed by atoms with Crippen molar-refractivity contribution in [3.05, 3.63) is 36.4 Å². The van der Waals surface area contributed by atoms with Gasteiger partial charge in [0.1, 0.15) is 17.9 Å². The van der Waals surface area contributed by atoms with Gasteiger partial charge in [0.2, 0.25) is 0 Å². The molecule has 2 rings (SSSR count). The zero-order valence-corrected chi connectivity index (χ0v) is 8.01. The van der Waals surface area contributed by atoms with Gasteiger partial charge in [0.25, 0.3) is 0 Å². The Morgan fingerprint density at radius 3 is 2.80 bits per heavy atom. The Kier molecular flexibility index (Phi) is 2.21. The van der Waals surface area contributed by atoms with Gasteiger partial charge in [-0.05, 0) is 11.6 Å². The average Bonchev–Trinajstić information content (AvgIpc) is 2.56. The van der Waals surface area contributed by atoms with E-state index < -0.39 is 18.1 Å². The highest BCUT2D eigenvalue weighted by atomic mass is 16.5. The molecule has 1 unspecified atom stereocenters. The Hall–Kier alpha value is -1.81. The fourth-order valence-corrected chi connectivity index (χ4v) is 1.62. The molecule has 0 fully saturated rings. The highest BCUT2D eigenvalue weighted by molar-refractivity contribution is 5.83. The number of para-hydroxylation sites is 1. The third-order valence-corrected chi connectivity index (χ3v) is 2.44. The molecular formula is C11H11NO3. The molecule has 1 aliphatic heterocycles. The van der Waals surface area contributed by atoms with Crippen LogP contribution in [0.2, 0.25) is 0 Å². The van der Waals surface area contributed by atoms with E-state index >= 15 is 0 Å². The molecule has 0 amide bonds. The summed E-state index contributed by atoms with van der Waals surface area (Å²) in [5.74, 6) is -0.446. The van der Waals surface area contributed by atoms with E-state index in [2.05, 4.69) is 6.58 Å². The smallest absolute Gasteiger partial charge is 0.324 e. The summed E-state index contributed by atoms with van der Waals surface area (Å²) < 4.78 is 5.44. The molecule has 0 spiro atoms.